The van der Waals surface area contributed by atoms with E-state index in [0.717, 1.165) is 25.9 Å². The van der Waals surface area contributed by atoms with Crippen molar-refractivity contribution < 1.29 is 14.7 Å². The molecule has 1 aliphatic rings. The van der Waals surface area contributed by atoms with Crippen LogP contribution in [0.5, 0.6) is 0 Å². The Morgan fingerprint density at radius 2 is 1.86 bits per heavy atom. The summed E-state index contributed by atoms with van der Waals surface area (Å²) in [6.07, 6.45) is 3.53. The summed E-state index contributed by atoms with van der Waals surface area (Å²) in [5, 5.41) is 9.24. The number of hydrogen-bond donors (Lipinski definition) is 1. The molecule has 2 aromatic rings. The maximum Gasteiger partial charge on any atom is 0.355 e. The van der Waals surface area contributed by atoms with Gasteiger partial charge in [0.15, 0.2) is 5.69 Å². The number of rotatable bonds is 3. The first-order valence-electron chi connectivity index (χ1n) is 7.25. The van der Waals surface area contributed by atoms with Crippen molar-refractivity contribution in [3.8, 4) is 11.1 Å². The van der Waals surface area contributed by atoms with Crippen molar-refractivity contribution >= 4 is 11.9 Å². The Balaban J connectivity index is 1.98. The summed E-state index contributed by atoms with van der Waals surface area (Å²) in [6.45, 7) is 1.58. The van der Waals surface area contributed by atoms with Crippen LogP contribution in [0.3, 0.4) is 0 Å². The molecule has 1 aromatic heterocycles. The Bertz CT molecular complexity index is 721. The lowest BCUT2D eigenvalue weighted by molar-refractivity contribution is 0.0690. The fourth-order valence-corrected chi connectivity index (χ4v) is 2.73. The van der Waals surface area contributed by atoms with Crippen molar-refractivity contribution in [1.82, 2.24) is 9.88 Å². The van der Waals surface area contributed by atoms with Crippen LogP contribution in [0, 0.1) is 0 Å². The van der Waals surface area contributed by atoms with Gasteiger partial charge in [-0.1, -0.05) is 18.2 Å². The summed E-state index contributed by atoms with van der Waals surface area (Å²) < 4.78 is 0. The van der Waals surface area contributed by atoms with E-state index in [0.29, 0.717) is 16.7 Å². The highest BCUT2D eigenvalue weighted by molar-refractivity contribution is 5.97. The minimum atomic E-state index is -1.08. The number of likely N-dealkylation sites (tertiary alicyclic amines) is 1. The average molecular weight is 296 g/mol. The van der Waals surface area contributed by atoms with Crippen LogP contribution in [-0.4, -0.2) is 40.0 Å². The van der Waals surface area contributed by atoms with E-state index >= 15 is 0 Å². The number of carboxylic acid groups (broad SMARTS) is 1. The van der Waals surface area contributed by atoms with Crippen LogP contribution in [0.2, 0.25) is 0 Å². The molecule has 3 rings (SSSR count). The number of carbonyl (C=O) groups excluding carboxylic acids is 1. The van der Waals surface area contributed by atoms with Crippen LogP contribution in [0.25, 0.3) is 11.1 Å². The molecule has 0 unspecified atom stereocenters. The van der Waals surface area contributed by atoms with Gasteiger partial charge in [0.1, 0.15) is 0 Å². The fraction of sp³-hybridized carbons (Fsp3) is 0.235. The zero-order chi connectivity index (χ0) is 15.5. The molecule has 1 aromatic carbocycles. The summed E-state index contributed by atoms with van der Waals surface area (Å²) in [6, 6.07) is 10.5. The van der Waals surface area contributed by atoms with Crippen molar-refractivity contribution in [2.45, 2.75) is 12.8 Å². The first-order valence-corrected chi connectivity index (χ1v) is 7.25. The van der Waals surface area contributed by atoms with Gasteiger partial charge >= 0.3 is 5.97 Å². The Hall–Kier alpha value is -2.69. The molecule has 0 spiro atoms. The van der Waals surface area contributed by atoms with Gasteiger partial charge in [-0.2, -0.15) is 0 Å². The number of amides is 1. The van der Waals surface area contributed by atoms with Gasteiger partial charge in [0.05, 0.1) is 0 Å². The van der Waals surface area contributed by atoms with Gasteiger partial charge in [0, 0.05) is 30.4 Å². The molecule has 1 amide bonds. The molecule has 0 saturated carbocycles. The molecule has 1 N–H and O–H groups in total. The Labute approximate surface area is 128 Å². The Morgan fingerprint density at radius 1 is 1.09 bits per heavy atom. The van der Waals surface area contributed by atoms with E-state index in [-0.39, 0.29) is 11.6 Å². The zero-order valence-corrected chi connectivity index (χ0v) is 12.0. The quantitative estimate of drug-likeness (QED) is 0.945. The molecule has 1 fully saturated rings. The minimum absolute atomic E-state index is 0.000107. The predicted octanol–water partition coefficient (Wildman–Crippen LogP) is 2.68. The number of pyridine rings is 1. The number of carbonyl (C=O) groups is 2. The number of carboxylic acids is 1. The molecule has 2 heterocycles. The van der Waals surface area contributed by atoms with Crippen LogP contribution in [0.4, 0.5) is 0 Å². The van der Waals surface area contributed by atoms with Crippen molar-refractivity contribution in [1.29, 1.82) is 0 Å². The highest BCUT2D eigenvalue weighted by atomic mass is 16.4. The highest BCUT2D eigenvalue weighted by Crippen LogP contribution is 2.24. The number of benzene rings is 1. The van der Waals surface area contributed by atoms with Gasteiger partial charge in [-0.25, -0.2) is 9.78 Å². The lowest BCUT2D eigenvalue weighted by atomic mass is 10.0. The molecular weight excluding hydrogens is 280 g/mol. The van der Waals surface area contributed by atoms with E-state index in [9.17, 15) is 14.7 Å². The van der Waals surface area contributed by atoms with Crippen LogP contribution >= 0.6 is 0 Å². The molecule has 5 nitrogen and oxygen atoms in total. The summed E-state index contributed by atoms with van der Waals surface area (Å²) in [5.41, 5.74) is 1.79. The van der Waals surface area contributed by atoms with Crippen LogP contribution in [-0.2, 0) is 0 Å². The number of hydrogen-bond acceptors (Lipinski definition) is 3. The van der Waals surface area contributed by atoms with Crippen molar-refractivity contribution in [3.63, 3.8) is 0 Å². The number of aromatic carboxylic acids is 1. The first kappa shape index (κ1) is 14.3. The smallest absolute Gasteiger partial charge is 0.355 e. The van der Waals surface area contributed by atoms with Gasteiger partial charge in [-0.3, -0.25) is 4.79 Å². The SMILES string of the molecule is O=C(O)c1ncccc1-c1cccc(C(=O)N2CCCC2)c1. The molecule has 0 aliphatic carbocycles. The lowest BCUT2D eigenvalue weighted by Crippen LogP contribution is -2.27. The van der Waals surface area contributed by atoms with E-state index in [4.69, 9.17) is 0 Å². The standard InChI is InChI=1S/C17H16N2O3/c20-16(19-9-1-2-10-19)13-6-3-5-12(11-13)14-7-4-8-18-15(14)17(21)22/h3-8,11H,1-2,9-10H2,(H,21,22). The summed E-state index contributed by atoms with van der Waals surface area (Å²) in [7, 11) is 0. The van der Waals surface area contributed by atoms with Crippen LogP contribution in [0.1, 0.15) is 33.7 Å². The third-order valence-electron chi connectivity index (χ3n) is 3.82. The van der Waals surface area contributed by atoms with E-state index in [2.05, 4.69) is 4.98 Å². The first-order chi connectivity index (χ1) is 10.7. The second-order valence-electron chi connectivity index (χ2n) is 5.28. The molecule has 1 saturated heterocycles. The largest absolute Gasteiger partial charge is 0.476 e. The van der Waals surface area contributed by atoms with Gasteiger partial charge < -0.3 is 10.0 Å². The highest BCUT2D eigenvalue weighted by Gasteiger charge is 2.20. The molecule has 0 radical (unpaired) electrons. The minimum Gasteiger partial charge on any atom is -0.476 e. The second kappa shape index (κ2) is 5.97. The zero-order valence-electron chi connectivity index (χ0n) is 12.0. The fourth-order valence-electron chi connectivity index (χ4n) is 2.73. The van der Waals surface area contributed by atoms with Gasteiger partial charge in [0.25, 0.3) is 5.91 Å². The number of aromatic nitrogens is 1. The second-order valence-corrected chi connectivity index (χ2v) is 5.28. The van der Waals surface area contributed by atoms with E-state index < -0.39 is 5.97 Å². The van der Waals surface area contributed by atoms with Crippen molar-refractivity contribution in [2.75, 3.05) is 13.1 Å². The van der Waals surface area contributed by atoms with Crippen LogP contribution < -0.4 is 0 Å². The Morgan fingerprint density at radius 3 is 2.59 bits per heavy atom. The molecule has 22 heavy (non-hydrogen) atoms. The van der Waals surface area contributed by atoms with Crippen LogP contribution in [0.15, 0.2) is 42.6 Å². The lowest BCUT2D eigenvalue weighted by Gasteiger charge is -2.16. The van der Waals surface area contributed by atoms with E-state index in [1.807, 2.05) is 4.90 Å². The van der Waals surface area contributed by atoms with Gasteiger partial charge in [-0.05, 0) is 36.6 Å². The topological polar surface area (TPSA) is 70.5 Å². The summed E-state index contributed by atoms with van der Waals surface area (Å²) in [5.74, 6) is -1.08. The predicted molar refractivity (Wildman–Crippen MR) is 81.8 cm³/mol. The molecule has 0 atom stereocenters. The van der Waals surface area contributed by atoms with Gasteiger partial charge in [0.2, 0.25) is 0 Å². The van der Waals surface area contributed by atoms with E-state index in [1.54, 1.807) is 36.4 Å². The van der Waals surface area contributed by atoms with Crippen molar-refractivity contribution in [3.05, 3.63) is 53.9 Å². The molecule has 112 valence electrons. The van der Waals surface area contributed by atoms with E-state index in [1.165, 1.54) is 6.20 Å². The molecule has 1 aliphatic heterocycles. The molecule has 0 bridgehead atoms. The summed E-state index contributed by atoms with van der Waals surface area (Å²) >= 11 is 0. The molecule has 5 heteroatoms. The average Bonchev–Trinajstić information content (AvgIpc) is 3.08. The monoisotopic (exact) mass is 296 g/mol. The normalized spacial score (nSPS) is 14.1. The molecular formula is C17H16N2O3. The maximum absolute atomic E-state index is 12.4. The maximum atomic E-state index is 12.4. The van der Waals surface area contributed by atoms with Gasteiger partial charge in [-0.15, -0.1) is 0 Å². The Kier molecular flexibility index (Phi) is 3.87. The third-order valence-corrected chi connectivity index (χ3v) is 3.82. The third kappa shape index (κ3) is 2.70. The summed E-state index contributed by atoms with van der Waals surface area (Å²) in [4.78, 5) is 29.5. The number of nitrogens with zero attached hydrogens (tertiary/aromatic N) is 2. The van der Waals surface area contributed by atoms with Crippen molar-refractivity contribution in [2.24, 2.45) is 0 Å².